The number of nitrogens with zero attached hydrogens (tertiary/aromatic N) is 2. The smallest absolute Gasteiger partial charge is 0.269 e. The van der Waals surface area contributed by atoms with Crippen LogP contribution in [0.15, 0.2) is 17.1 Å². The van der Waals surface area contributed by atoms with E-state index in [1.54, 1.807) is 7.05 Å². The third kappa shape index (κ3) is 4.20. The Hall–Kier alpha value is -1.85. The van der Waals surface area contributed by atoms with Crippen LogP contribution in [0, 0.1) is 0 Å². The van der Waals surface area contributed by atoms with E-state index in [9.17, 15) is 9.59 Å². The molecule has 0 aliphatic carbocycles. The molecule has 100 valence electrons. The Labute approximate surface area is 106 Å². The average Bonchev–Trinajstić information content (AvgIpc) is 2.31. The Kier molecular flexibility index (Phi) is 5.35. The minimum Gasteiger partial charge on any atom is -0.387 e. The summed E-state index contributed by atoms with van der Waals surface area (Å²) in [4.78, 5) is 23.3. The number of rotatable bonds is 6. The molecule has 1 rings (SSSR count). The van der Waals surface area contributed by atoms with Crippen LogP contribution < -0.4 is 16.2 Å². The monoisotopic (exact) mass is 252 g/mol. The quantitative estimate of drug-likeness (QED) is 0.777. The van der Waals surface area contributed by atoms with E-state index < -0.39 is 0 Å². The molecular formula is C12H20N4O2. The van der Waals surface area contributed by atoms with Gasteiger partial charge in [0.25, 0.3) is 5.56 Å². The second kappa shape index (κ2) is 6.78. The predicted molar refractivity (Wildman–Crippen MR) is 70.6 cm³/mol. The molecule has 1 aromatic rings. The molecule has 0 fully saturated rings. The van der Waals surface area contributed by atoms with Crippen molar-refractivity contribution < 1.29 is 4.79 Å². The lowest BCUT2D eigenvalue weighted by atomic mass is 10.2. The van der Waals surface area contributed by atoms with E-state index in [1.807, 2.05) is 6.92 Å². The zero-order chi connectivity index (χ0) is 13.5. The maximum atomic E-state index is 11.7. The number of carbonyl (C=O) groups excluding carboxylic acids is 1. The van der Waals surface area contributed by atoms with Crippen LogP contribution in [0.3, 0.4) is 0 Å². The van der Waals surface area contributed by atoms with Crippen LogP contribution in [0.25, 0.3) is 0 Å². The van der Waals surface area contributed by atoms with Gasteiger partial charge in [-0.3, -0.25) is 9.59 Å². The molecule has 0 bridgehead atoms. The number of aromatic nitrogens is 2. The third-order valence-corrected chi connectivity index (χ3v) is 2.58. The van der Waals surface area contributed by atoms with E-state index in [4.69, 9.17) is 0 Å². The summed E-state index contributed by atoms with van der Waals surface area (Å²) < 4.78 is 1.15. The zero-order valence-corrected chi connectivity index (χ0v) is 11.1. The maximum absolute atomic E-state index is 11.7. The predicted octanol–water partition coefficient (Wildman–Crippen LogP) is 0.590. The molecule has 0 radical (unpaired) electrons. The van der Waals surface area contributed by atoms with Crippen molar-refractivity contribution in [1.82, 2.24) is 15.1 Å². The Morgan fingerprint density at radius 3 is 2.83 bits per heavy atom. The first-order valence-corrected chi connectivity index (χ1v) is 6.11. The van der Waals surface area contributed by atoms with Gasteiger partial charge in [-0.15, -0.1) is 0 Å². The fourth-order valence-electron chi connectivity index (χ4n) is 1.65. The van der Waals surface area contributed by atoms with E-state index in [2.05, 4.69) is 22.7 Å². The molecule has 0 aliphatic rings. The first-order valence-electron chi connectivity index (χ1n) is 6.11. The Balaban J connectivity index is 2.62. The summed E-state index contributed by atoms with van der Waals surface area (Å²) in [5.74, 6) is -0.192. The van der Waals surface area contributed by atoms with Crippen molar-refractivity contribution in [3.8, 4) is 0 Å². The summed E-state index contributed by atoms with van der Waals surface area (Å²) >= 11 is 0. The molecule has 18 heavy (non-hydrogen) atoms. The summed E-state index contributed by atoms with van der Waals surface area (Å²) in [5.41, 5.74) is 0.344. The number of anilines is 1. The van der Waals surface area contributed by atoms with Gasteiger partial charge in [-0.2, -0.15) is 5.10 Å². The minimum atomic E-state index is -0.292. The molecule has 6 nitrogen and oxygen atoms in total. The molecular weight excluding hydrogens is 232 g/mol. The number of hydrogen-bond donors (Lipinski definition) is 2. The average molecular weight is 252 g/mol. The molecule has 0 aromatic carbocycles. The number of carbonyl (C=O) groups is 1. The lowest BCUT2D eigenvalue weighted by Crippen LogP contribution is -2.38. The maximum Gasteiger partial charge on any atom is 0.269 e. The highest BCUT2D eigenvalue weighted by atomic mass is 16.2. The molecule has 1 atom stereocenters. The molecule has 1 unspecified atom stereocenters. The van der Waals surface area contributed by atoms with E-state index in [-0.39, 0.29) is 24.1 Å². The fraction of sp³-hybridized carbons (Fsp3) is 0.583. The Bertz CT molecular complexity index is 456. The van der Waals surface area contributed by atoms with Gasteiger partial charge < -0.3 is 10.6 Å². The van der Waals surface area contributed by atoms with Crippen LogP contribution in [0.5, 0.6) is 0 Å². The normalized spacial score (nSPS) is 11.9. The molecule has 0 saturated heterocycles. The number of nitrogens with one attached hydrogen (secondary N) is 2. The van der Waals surface area contributed by atoms with Crippen LogP contribution in [0.4, 0.5) is 5.69 Å². The van der Waals surface area contributed by atoms with Crippen molar-refractivity contribution in [2.45, 2.75) is 39.3 Å². The van der Waals surface area contributed by atoms with Gasteiger partial charge >= 0.3 is 0 Å². The van der Waals surface area contributed by atoms with Crippen LogP contribution in [-0.4, -0.2) is 28.8 Å². The first kappa shape index (κ1) is 14.2. The summed E-state index contributed by atoms with van der Waals surface area (Å²) in [6, 6.07) is 1.53. The van der Waals surface area contributed by atoms with Crippen molar-refractivity contribution in [2.75, 3.05) is 12.4 Å². The summed E-state index contributed by atoms with van der Waals surface area (Å²) in [6.07, 6.45) is 3.45. The second-order valence-corrected chi connectivity index (χ2v) is 4.25. The lowest BCUT2D eigenvalue weighted by molar-refractivity contribution is -0.122. The van der Waals surface area contributed by atoms with Gasteiger partial charge in [-0.05, 0) is 13.3 Å². The van der Waals surface area contributed by atoms with Crippen molar-refractivity contribution in [1.29, 1.82) is 0 Å². The molecule has 6 heteroatoms. The minimum absolute atomic E-state index is 0.0448. The van der Waals surface area contributed by atoms with E-state index >= 15 is 0 Å². The van der Waals surface area contributed by atoms with Crippen molar-refractivity contribution in [2.24, 2.45) is 0 Å². The van der Waals surface area contributed by atoms with Gasteiger partial charge in [-0.25, -0.2) is 4.68 Å². The molecule has 0 aliphatic heterocycles. The Morgan fingerprint density at radius 1 is 1.56 bits per heavy atom. The van der Waals surface area contributed by atoms with Crippen molar-refractivity contribution in [3.05, 3.63) is 22.6 Å². The van der Waals surface area contributed by atoms with Crippen LogP contribution in [0.1, 0.15) is 26.7 Å². The molecule has 0 spiro atoms. The summed E-state index contributed by atoms with van der Waals surface area (Å²) in [5, 5.41) is 9.57. The molecule has 1 aromatic heterocycles. The van der Waals surface area contributed by atoms with Crippen molar-refractivity contribution in [3.63, 3.8) is 0 Å². The highest BCUT2D eigenvalue weighted by Gasteiger charge is 2.09. The summed E-state index contributed by atoms with van der Waals surface area (Å²) in [7, 11) is 1.71. The lowest BCUT2D eigenvalue weighted by Gasteiger charge is -2.13. The van der Waals surface area contributed by atoms with Gasteiger partial charge in [0.05, 0.1) is 11.9 Å². The second-order valence-electron chi connectivity index (χ2n) is 4.25. The number of amides is 1. The van der Waals surface area contributed by atoms with Gasteiger partial charge in [0, 0.05) is 19.2 Å². The fourth-order valence-corrected chi connectivity index (χ4v) is 1.65. The van der Waals surface area contributed by atoms with E-state index in [1.165, 1.54) is 12.3 Å². The largest absolute Gasteiger partial charge is 0.387 e. The molecule has 1 heterocycles. The van der Waals surface area contributed by atoms with Gasteiger partial charge in [0.15, 0.2) is 0 Å². The van der Waals surface area contributed by atoms with E-state index in [0.717, 1.165) is 17.5 Å². The number of hydrogen-bond acceptors (Lipinski definition) is 4. The van der Waals surface area contributed by atoms with Gasteiger partial charge in [-0.1, -0.05) is 13.3 Å². The van der Waals surface area contributed by atoms with Crippen LogP contribution in [0.2, 0.25) is 0 Å². The summed E-state index contributed by atoms with van der Waals surface area (Å²) in [6.45, 7) is 3.96. The van der Waals surface area contributed by atoms with E-state index in [0.29, 0.717) is 5.69 Å². The van der Waals surface area contributed by atoms with Gasteiger partial charge in [0.1, 0.15) is 6.54 Å². The van der Waals surface area contributed by atoms with Gasteiger partial charge in [0.2, 0.25) is 5.91 Å². The van der Waals surface area contributed by atoms with Crippen LogP contribution in [-0.2, 0) is 11.3 Å². The highest BCUT2D eigenvalue weighted by Crippen LogP contribution is 1.97. The zero-order valence-electron chi connectivity index (χ0n) is 11.1. The standard InChI is InChI=1S/C12H20N4O2/c1-4-5-9(2)15-11(17)8-16-12(18)6-10(13-3)7-14-16/h6-7,9,13H,4-5,8H2,1-3H3,(H,15,17). The molecule has 0 saturated carbocycles. The third-order valence-electron chi connectivity index (χ3n) is 2.58. The topological polar surface area (TPSA) is 76.0 Å². The first-order chi connectivity index (χ1) is 8.56. The highest BCUT2D eigenvalue weighted by molar-refractivity contribution is 5.75. The van der Waals surface area contributed by atoms with Crippen LogP contribution >= 0.6 is 0 Å². The van der Waals surface area contributed by atoms with Crippen molar-refractivity contribution >= 4 is 11.6 Å². The molecule has 1 amide bonds. The Morgan fingerprint density at radius 2 is 2.28 bits per heavy atom. The molecule has 2 N–H and O–H groups in total. The SMILES string of the molecule is CCCC(C)NC(=O)Cn1ncc(NC)cc1=O.